The molecule has 5 nitrogen and oxygen atoms in total. The topological polar surface area (TPSA) is 56.1 Å². The van der Waals surface area contributed by atoms with Gasteiger partial charge < -0.3 is 14.6 Å². The number of hydrogen-bond acceptors (Lipinski definition) is 3. The second kappa shape index (κ2) is 6.67. The summed E-state index contributed by atoms with van der Waals surface area (Å²) < 4.78 is 7.39. The third-order valence-corrected chi connectivity index (χ3v) is 4.87. The van der Waals surface area contributed by atoms with Crippen molar-refractivity contribution in [3.8, 4) is 11.4 Å². The van der Waals surface area contributed by atoms with Crippen molar-refractivity contribution in [3.05, 3.63) is 77.4 Å². The lowest BCUT2D eigenvalue weighted by molar-refractivity contribution is 0.0936. The largest absolute Gasteiger partial charge is 0.495 e. The van der Waals surface area contributed by atoms with Crippen LogP contribution in [0.15, 0.2) is 55.0 Å². The van der Waals surface area contributed by atoms with Gasteiger partial charge in [0.1, 0.15) is 5.75 Å². The van der Waals surface area contributed by atoms with Crippen molar-refractivity contribution in [2.24, 2.45) is 0 Å². The standard InChI is InChI=1S/C21H21N3O2/c1-14-12-24(13-22-14)19-10-8-16(11-20(19)26-2)21(25)23-18-9-7-15-5-3-4-6-17(15)18/h3-6,8,10-13,18H,7,9H2,1-2H3,(H,23,25). The molecule has 0 saturated carbocycles. The summed E-state index contributed by atoms with van der Waals surface area (Å²) >= 11 is 0. The van der Waals surface area contributed by atoms with Gasteiger partial charge in [0.2, 0.25) is 0 Å². The Labute approximate surface area is 152 Å². The molecule has 0 bridgehead atoms. The van der Waals surface area contributed by atoms with Gasteiger partial charge in [0.05, 0.1) is 30.9 Å². The summed E-state index contributed by atoms with van der Waals surface area (Å²) in [7, 11) is 1.61. The molecule has 2 aromatic carbocycles. The maximum atomic E-state index is 12.7. The van der Waals surface area contributed by atoms with Gasteiger partial charge >= 0.3 is 0 Å². The Bertz CT molecular complexity index is 961. The van der Waals surface area contributed by atoms with Crippen LogP contribution in [0.25, 0.3) is 5.69 Å². The third kappa shape index (κ3) is 2.96. The summed E-state index contributed by atoms with van der Waals surface area (Å²) in [6.07, 6.45) is 5.60. The molecule has 1 heterocycles. The van der Waals surface area contributed by atoms with Crippen LogP contribution in [0.5, 0.6) is 5.75 Å². The van der Waals surface area contributed by atoms with Crippen molar-refractivity contribution in [1.29, 1.82) is 0 Å². The molecule has 1 N–H and O–H groups in total. The quantitative estimate of drug-likeness (QED) is 0.784. The number of aryl methyl sites for hydroxylation is 2. The number of aromatic nitrogens is 2. The van der Waals surface area contributed by atoms with Crippen LogP contribution >= 0.6 is 0 Å². The highest BCUT2D eigenvalue weighted by molar-refractivity contribution is 5.95. The minimum Gasteiger partial charge on any atom is -0.495 e. The number of nitrogens with one attached hydrogen (secondary N) is 1. The Morgan fingerprint density at radius 1 is 1.27 bits per heavy atom. The van der Waals surface area contributed by atoms with Gasteiger partial charge in [-0.2, -0.15) is 0 Å². The van der Waals surface area contributed by atoms with Crippen LogP contribution < -0.4 is 10.1 Å². The van der Waals surface area contributed by atoms with Gasteiger partial charge in [-0.1, -0.05) is 24.3 Å². The number of rotatable bonds is 4. The molecule has 1 amide bonds. The van der Waals surface area contributed by atoms with Crippen molar-refractivity contribution in [2.75, 3.05) is 7.11 Å². The van der Waals surface area contributed by atoms with E-state index in [9.17, 15) is 4.79 Å². The number of hydrogen-bond donors (Lipinski definition) is 1. The van der Waals surface area contributed by atoms with Gasteiger partial charge in [0.15, 0.2) is 0 Å². The van der Waals surface area contributed by atoms with E-state index in [1.165, 1.54) is 11.1 Å². The molecule has 1 aliphatic rings. The number of amides is 1. The molecule has 0 spiro atoms. The second-order valence-corrected chi connectivity index (χ2v) is 6.57. The van der Waals surface area contributed by atoms with E-state index in [1.807, 2.05) is 42.0 Å². The molecule has 0 aliphatic heterocycles. The molecular weight excluding hydrogens is 326 g/mol. The van der Waals surface area contributed by atoms with Crippen LogP contribution in [0, 0.1) is 6.92 Å². The number of methoxy groups -OCH3 is 1. The van der Waals surface area contributed by atoms with Gasteiger partial charge in [-0.25, -0.2) is 4.98 Å². The van der Waals surface area contributed by atoms with Crippen molar-refractivity contribution < 1.29 is 9.53 Å². The van der Waals surface area contributed by atoms with E-state index in [1.54, 1.807) is 19.5 Å². The maximum absolute atomic E-state index is 12.7. The number of benzene rings is 2. The molecule has 26 heavy (non-hydrogen) atoms. The van der Waals surface area contributed by atoms with Crippen molar-refractivity contribution in [3.63, 3.8) is 0 Å². The number of carbonyl (C=O) groups excluding carboxylic acids is 1. The van der Waals surface area contributed by atoms with Gasteiger partial charge in [-0.3, -0.25) is 4.79 Å². The van der Waals surface area contributed by atoms with Crippen molar-refractivity contribution >= 4 is 5.91 Å². The van der Waals surface area contributed by atoms with Crippen LogP contribution in [0.3, 0.4) is 0 Å². The monoisotopic (exact) mass is 347 g/mol. The summed E-state index contributed by atoms with van der Waals surface area (Å²) in [5, 5.41) is 3.15. The summed E-state index contributed by atoms with van der Waals surface area (Å²) in [6, 6.07) is 13.9. The smallest absolute Gasteiger partial charge is 0.251 e. The predicted molar refractivity (Wildman–Crippen MR) is 99.8 cm³/mol. The third-order valence-electron chi connectivity index (χ3n) is 4.87. The SMILES string of the molecule is COc1cc(C(=O)NC2CCc3ccccc32)ccc1-n1cnc(C)c1. The first-order valence-electron chi connectivity index (χ1n) is 8.73. The maximum Gasteiger partial charge on any atom is 0.251 e. The highest BCUT2D eigenvalue weighted by Crippen LogP contribution is 2.31. The lowest BCUT2D eigenvalue weighted by Gasteiger charge is -2.15. The van der Waals surface area contributed by atoms with Crippen molar-refractivity contribution in [1.82, 2.24) is 14.9 Å². The van der Waals surface area contributed by atoms with Gasteiger partial charge in [0, 0.05) is 11.8 Å². The van der Waals surface area contributed by atoms with E-state index < -0.39 is 0 Å². The Hall–Kier alpha value is -3.08. The molecule has 132 valence electrons. The van der Waals surface area contributed by atoms with Gasteiger partial charge in [-0.05, 0) is 49.1 Å². The summed E-state index contributed by atoms with van der Waals surface area (Å²) in [5.41, 5.74) is 4.91. The van der Waals surface area contributed by atoms with Crippen LogP contribution in [-0.2, 0) is 6.42 Å². The summed E-state index contributed by atoms with van der Waals surface area (Å²) in [5.74, 6) is 0.556. The van der Waals surface area contributed by atoms with Crippen LogP contribution in [0.4, 0.5) is 0 Å². The Morgan fingerprint density at radius 2 is 2.12 bits per heavy atom. The molecule has 1 aliphatic carbocycles. The number of fused-ring (bicyclic) bond motifs is 1. The van der Waals surface area contributed by atoms with Crippen LogP contribution in [0.2, 0.25) is 0 Å². The van der Waals surface area contributed by atoms with E-state index in [2.05, 4.69) is 22.4 Å². The van der Waals surface area contributed by atoms with Gasteiger partial charge in [0.25, 0.3) is 5.91 Å². The van der Waals surface area contributed by atoms with E-state index in [-0.39, 0.29) is 11.9 Å². The predicted octanol–water partition coefficient (Wildman–Crippen LogP) is 3.61. The van der Waals surface area contributed by atoms with E-state index in [4.69, 9.17) is 4.74 Å². The Morgan fingerprint density at radius 3 is 2.88 bits per heavy atom. The molecule has 1 atom stereocenters. The highest BCUT2D eigenvalue weighted by Gasteiger charge is 2.24. The van der Waals surface area contributed by atoms with E-state index in [0.29, 0.717) is 11.3 Å². The zero-order valence-corrected chi connectivity index (χ0v) is 14.9. The van der Waals surface area contributed by atoms with E-state index >= 15 is 0 Å². The molecule has 1 aromatic heterocycles. The number of carbonyl (C=O) groups is 1. The Kier molecular flexibility index (Phi) is 4.21. The Balaban J connectivity index is 1.57. The molecule has 0 saturated heterocycles. The minimum absolute atomic E-state index is 0.0701. The first-order chi connectivity index (χ1) is 12.7. The molecule has 0 radical (unpaired) electrons. The molecule has 0 fully saturated rings. The molecule has 3 aromatic rings. The average Bonchev–Trinajstić information content (AvgIpc) is 3.28. The minimum atomic E-state index is -0.0848. The zero-order valence-electron chi connectivity index (χ0n) is 14.9. The first kappa shape index (κ1) is 16.4. The summed E-state index contributed by atoms with van der Waals surface area (Å²) in [4.78, 5) is 17.0. The molecule has 5 heteroatoms. The fourth-order valence-electron chi connectivity index (χ4n) is 3.53. The molecular formula is C21H21N3O2. The zero-order chi connectivity index (χ0) is 18.1. The van der Waals surface area contributed by atoms with Gasteiger partial charge in [-0.15, -0.1) is 0 Å². The fourth-order valence-corrected chi connectivity index (χ4v) is 3.53. The number of imidazole rings is 1. The van der Waals surface area contributed by atoms with Crippen LogP contribution in [0.1, 0.15) is 39.6 Å². The summed E-state index contributed by atoms with van der Waals surface area (Å²) in [6.45, 7) is 1.93. The van der Waals surface area contributed by atoms with Crippen LogP contribution in [-0.4, -0.2) is 22.6 Å². The second-order valence-electron chi connectivity index (χ2n) is 6.57. The lowest BCUT2D eigenvalue weighted by Crippen LogP contribution is -2.27. The van der Waals surface area contributed by atoms with Crippen molar-refractivity contribution in [2.45, 2.75) is 25.8 Å². The molecule has 1 unspecified atom stereocenters. The number of nitrogens with zero attached hydrogens (tertiary/aromatic N) is 2. The van der Waals surface area contributed by atoms with E-state index in [0.717, 1.165) is 24.2 Å². The normalized spacial score (nSPS) is 15.5. The molecule has 4 rings (SSSR count). The first-order valence-corrected chi connectivity index (χ1v) is 8.73. The average molecular weight is 347 g/mol. The highest BCUT2D eigenvalue weighted by atomic mass is 16.5. The lowest BCUT2D eigenvalue weighted by atomic mass is 10.1. The fraction of sp³-hybridized carbons (Fsp3) is 0.238. The number of ether oxygens (including phenoxy) is 1.